The number of halogens is 1. The Morgan fingerprint density at radius 2 is 1.76 bits per heavy atom. The predicted molar refractivity (Wildman–Crippen MR) is 198 cm³/mol. The number of hydrogen-bond donors (Lipinski definition) is 8. The highest BCUT2D eigenvalue weighted by Gasteiger charge is 2.47. The van der Waals surface area contributed by atoms with Gasteiger partial charge in [-0.25, -0.2) is 9.59 Å². The molecule has 17 nitrogen and oxygen atoms in total. The highest BCUT2D eigenvalue weighted by atomic mass is 35.5. The van der Waals surface area contributed by atoms with Crippen LogP contribution in [0.3, 0.4) is 0 Å². The monoisotopic (exact) mass is 787 g/mol. The molecule has 8 N–H and O–H groups in total. The highest BCUT2D eigenvalue weighted by molar-refractivity contribution is 6.32. The van der Waals surface area contributed by atoms with Gasteiger partial charge in [-0.05, 0) is 69.5 Å². The fourth-order valence-electron chi connectivity index (χ4n) is 5.93. The van der Waals surface area contributed by atoms with Crippen LogP contribution >= 0.6 is 11.6 Å². The molecule has 298 valence electrons. The Hall–Kier alpha value is -5.52. The summed E-state index contributed by atoms with van der Waals surface area (Å²) in [6.45, 7) is 11.4. The Labute approximate surface area is 322 Å². The molecule has 0 saturated carbocycles. The first-order valence-electron chi connectivity index (χ1n) is 17.2. The SMILES string of the molecule is C=C(C)[C@@H]1NC(=O)[C@@H](NC)[C@@H](O)c2cc(Cl)c(O)c(c2)O[C@](C)(CC)[C@@H](C(=O)N2CC=C[C@H]2C(=O)N/C(C(=O)C/C(=C/C(=O)O)C(=O)O)=C(\C)CC)NC1=O. The van der Waals surface area contributed by atoms with Gasteiger partial charge >= 0.3 is 11.9 Å². The smallest absolute Gasteiger partial charge is 0.332 e. The van der Waals surface area contributed by atoms with Crippen molar-refractivity contribution < 1.29 is 58.7 Å². The molecule has 3 rings (SSSR count). The van der Waals surface area contributed by atoms with E-state index in [2.05, 4.69) is 27.8 Å². The van der Waals surface area contributed by atoms with Gasteiger partial charge in [0.25, 0.3) is 11.8 Å². The van der Waals surface area contributed by atoms with Crippen LogP contribution in [-0.4, -0.2) is 110 Å². The van der Waals surface area contributed by atoms with Gasteiger partial charge in [0.05, 0.1) is 16.3 Å². The number of carbonyl (C=O) groups excluding carboxylic acids is 5. The molecule has 0 radical (unpaired) electrons. The minimum absolute atomic E-state index is 0.0122. The molecule has 4 amide bonds. The summed E-state index contributed by atoms with van der Waals surface area (Å²) in [6, 6.07) is -3.31. The Bertz CT molecular complexity index is 1870. The average Bonchev–Trinajstić information content (AvgIpc) is 3.62. The molecular formula is C37H46ClN5O12. The zero-order chi connectivity index (χ0) is 41.5. The fourth-order valence-corrected chi connectivity index (χ4v) is 6.15. The summed E-state index contributed by atoms with van der Waals surface area (Å²) in [4.78, 5) is 93.1. The van der Waals surface area contributed by atoms with E-state index >= 15 is 0 Å². The van der Waals surface area contributed by atoms with E-state index in [1.165, 1.54) is 52.1 Å². The number of amides is 4. The van der Waals surface area contributed by atoms with Crippen molar-refractivity contribution in [2.75, 3.05) is 13.6 Å². The Morgan fingerprint density at radius 3 is 2.31 bits per heavy atom. The number of carbonyl (C=O) groups is 7. The summed E-state index contributed by atoms with van der Waals surface area (Å²) in [7, 11) is 1.41. The second-order valence-corrected chi connectivity index (χ2v) is 13.7. The molecule has 55 heavy (non-hydrogen) atoms. The number of aliphatic carboxylic acids is 2. The number of benzene rings is 1. The third-order valence-electron chi connectivity index (χ3n) is 9.45. The van der Waals surface area contributed by atoms with Crippen LogP contribution in [0.15, 0.2) is 59.4 Å². The Kier molecular flexibility index (Phi) is 14.5. The topological polar surface area (TPSA) is 261 Å². The van der Waals surface area contributed by atoms with E-state index in [0.29, 0.717) is 11.6 Å². The van der Waals surface area contributed by atoms with E-state index < -0.39 is 95.0 Å². The quantitative estimate of drug-likeness (QED) is 0.110. The molecule has 1 aromatic carbocycles. The van der Waals surface area contributed by atoms with E-state index in [9.17, 15) is 48.9 Å². The number of nitrogens with zero attached hydrogens (tertiary/aromatic N) is 1. The first kappa shape index (κ1) is 43.9. The van der Waals surface area contributed by atoms with Crippen LogP contribution in [0.2, 0.25) is 5.02 Å². The van der Waals surface area contributed by atoms with Crippen molar-refractivity contribution in [1.82, 2.24) is 26.2 Å². The third-order valence-corrected chi connectivity index (χ3v) is 9.74. The summed E-state index contributed by atoms with van der Waals surface area (Å²) in [5.41, 5.74) is -2.18. The number of ether oxygens (including phenoxy) is 1. The van der Waals surface area contributed by atoms with Gasteiger partial charge in [0.1, 0.15) is 35.9 Å². The predicted octanol–water partition coefficient (Wildman–Crippen LogP) is 1.40. The zero-order valence-corrected chi connectivity index (χ0v) is 31.9. The maximum atomic E-state index is 14.7. The summed E-state index contributed by atoms with van der Waals surface area (Å²) in [5, 5.41) is 50.8. The minimum atomic E-state index is -1.72. The van der Waals surface area contributed by atoms with Gasteiger partial charge in [0.15, 0.2) is 17.3 Å². The largest absolute Gasteiger partial charge is 0.503 e. The molecule has 2 heterocycles. The van der Waals surface area contributed by atoms with Gasteiger partial charge in [0, 0.05) is 19.0 Å². The van der Waals surface area contributed by atoms with Gasteiger partial charge in [0.2, 0.25) is 11.8 Å². The summed E-state index contributed by atoms with van der Waals surface area (Å²) in [5.74, 6) is -8.44. The van der Waals surface area contributed by atoms with Gasteiger partial charge in [-0.3, -0.25) is 24.0 Å². The number of aliphatic hydroxyl groups is 1. The number of aliphatic hydroxyl groups excluding tert-OH is 1. The lowest BCUT2D eigenvalue weighted by Gasteiger charge is -2.40. The number of ketones is 1. The number of phenolic OH excluding ortho intramolecular Hbond substituents is 1. The molecule has 2 bridgehead atoms. The Morgan fingerprint density at radius 1 is 1.11 bits per heavy atom. The minimum Gasteiger partial charge on any atom is -0.503 e. The zero-order valence-electron chi connectivity index (χ0n) is 31.2. The van der Waals surface area contributed by atoms with E-state index in [1.54, 1.807) is 13.8 Å². The number of nitrogens with one attached hydrogen (secondary N) is 4. The van der Waals surface area contributed by atoms with Crippen LogP contribution in [0, 0.1) is 0 Å². The number of rotatable bonds is 12. The van der Waals surface area contributed by atoms with Gasteiger partial charge in [-0.15, -0.1) is 0 Å². The van der Waals surface area contributed by atoms with Crippen molar-refractivity contribution in [3.8, 4) is 11.5 Å². The lowest BCUT2D eigenvalue weighted by molar-refractivity contribution is -0.146. The maximum Gasteiger partial charge on any atom is 0.332 e. The lowest BCUT2D eigenvalue weighted by atomic mass is 9.90. The second-order valence-electron chi connectivity index (χ2n) is 13.3. The molecule has 2 aliphatic rings. The average molecular weight is 788 g/mol. The van der Waals surface area contributed by atoms with Crippen LogP contribution in [0.25, 0.3) is 0 Å². The summed E-state index contributed by atoms with van der Waals surface area (Å²) >= 11 is 6.33. The fraction of sp³-hybridized carbons (Fsp3) is 0.432. The van der Waals surface area contributed by atoms with Gasteiger partial charge in [-0.1, -0.05) is 44.2 Å². The van der Waals surface area contributed by atoms with Gasteiger partial charge in [-0.2, -0.15) is 0 Å². The van der Waals surface area contributed by atoms with Crippen molar-refractivity contribution in [3.05, 3.63) is 69.9 Å². The summed E-state index contributed by atoms with van der Waals surface area (Å²) < 4.78 is 6.30. The lowest BCUT2D eigenvalue weighted by Crippen LogP contribution is -2.65. The first-order valence-corrected chi connectivity index (χ1v) is 17.6. The third kappa shape index (κ3) is 9.97. The van der Waals surface area contributed by atoms with Crippen LogP contribution < -0.4 is 26.0 Å². The molecule has 0 saturated heterocycles. The van der Waals surface area contributed by atoms with Gasteiger partial charge < -0.3 is 51.3 Å². The van der Waals surface area contributed by atoms with E-state index in [4.69, 9.17) is 21.4 Å². The van der Waals surface area contributed by atoms with Crippen molar-refractivity contribution >= 4 is 53.0 Å². The van der Waals surface area contributed by atoms with Crippen molar-refractivity contribution in [1.29, 1.82) is 0 Å². The molecule has 0 fully saturated rings. The molecular weight excluding hydrogens is 742 g/mol. The number of carboxylic acid groups (broad SMARTS) is 2. The maximum absolute atomic E-state index is 14.7. The van der Waals surface area contributed by atoms with Crippen molar-refractivity contribution in [2.24, 2.45) is 0 Å². The number of likely N-dealkylation sites (N-methyl/N-ethyl adjacent to an activating group) is 1. The number of phenols is 1. The molecule has 1 aromatic rings. The van der Waals surface area contributed by atoms with Crippen LogP contribution in [0.4, 0.5) is 0 Å². The second kappa shape index (κ2) is 18.2. The number of aromatic hydroxyl groups is 1. The standard InChI is InChI=1S/C37H46ClN5O12/c1-8-18(5)27(23(44)14-20(36(53)54)16-25(45)46)41-32(49)22-11-10-12-43(22)35(52)31-37(6,9-2)55-24-15-19(13-21(38)30(24)48)29(47)28(39-7)34(51)40-26(17(3)4)33(50)42-31/h10-11,13,15-16,22,26,28-29,31,39,47-48H,3,8-9,12,14H2,1-2,4-7H3,(H,40,51)(H,41,49)(H,42,50)(H,45,46)(H,53,54)/b20-16-,27-18+/t22-,26-,28-,29-,31+,37+/m0/s1. The molecule has 0 spiro atoms. The molecule has 0 aliphatic carbocycles. The Balaban J connectivity index is 2.11. The normalized spacial score (nSPS) is 24.8. The molecule has 0 unspecified atom stereocenters. The highest BCUT2D eigenvalue weighted by Crippen LogP contribution is 2.41. The van der Waals surface area contributed by atoms with Crippen LogP contribution in [0.1, 0.15) is 65.5 Å². The molecule has 18 heteroatoms. The summed E-state index contributed by atoms with van der Waals surface area (Å²) in [6.07, 6.45) is 1.05. The van der Waals surface area contributed by atoms with Crippen molar-refractivity contribution in [2.45, 2.75) is 89.8 Å². The van der Waals surface area contributed by atoms with Crippen molar-refractivity contribution in [3.63, 3.8) is 0 Å². The molecule has 2 aliphatic heterocycles. The number of Topliss-reactive ketones (excluding diaryl/α,β-unsaturated/α-hetero) is 1. The number of hydrogen-bond acceptors (Lipinski definition) is 11. The molecule has 6 atom stereocenters. The number of fused-ring (bicyclic) bond motifs is 2. The van der Waals surface area contributed by atoms with E-state index in [-0.39, 0.29) is 47.0 Å². The van der Waals surface area contributed by atoms with E-state index in [1.807, 2.05) is 0 Å². The number of allylic oxidation sites excluding steroid dienone is 2. The van der Waals surface area contributed by atoms with Crippen LogP contribution in [0.5, 0.6) is 11.5 Å². The number of carboxylic acids is 2. The molecule has 0 aromatic heterocycles. The first-order chi connectivity index (χ1) is 25.7. The van der Waals surface area contributed by atoms with E-state index in [0.717, 1.165) is 4.90 Å². The van der Waals surface area contributed by atoms with Crippen LogP contribution in [-0.2, 0) is 33.6 Å².